The maximum absolute atomic E-state index is 12.2. The molecule has 0 heterocycles. The molecule has 0 spiro atoms. The van der Waals surface area contributed by atoms with Gasteiger partial charge in [0.1, 0.15) is 11.3 Å². The quantitative estimate of drug-likeness (QED) is 0.776. The Hall–Kier alpha value is -1.55. The number of aromatic hydroxyl groups is 1. The van der Waals surface area contributed by atoms with Crippen LogP contribution in [0.15, 0.2) is 24.3 Å². The molecule has 2 N–H and O–H groups in total. The lowest BCUT2D eigenvalue weighted by Gasteiger charge is -2.30. The van der Waals surface area contributed by atoms with E-state index >= 15 is 0 Å². The molecule has 0 bridgehead atoms. The van der Waals surface area contributed by atoms with Crippen LogP contribution in [0.1, 0.15) is 33.3 Å². The van der Waals surface area contributed by atoms with Gasteiger partial charge in [-0.25, -0.2) is 4.79 Å². The van der Waals surface area contributed by atoms with E-state index in [-0.39, 0.29) is 11.7 Å². The monoisotopic (exact) mass is 265 g/mol. The van der Waals surface area contributed by atoms with Gasteiger partial charge >= 0.3 is 5.97 Å². The summed E-state index contributed by atoms with van der Waals surface area (Å²) in [4.78, 5) is 12.2. The third kappa shape index (κ3) is 3.96. The third-order valence-corrected chi connectivity index (χ3v) is 2.99. The first kappa shape index (κ1) is 15.5. The maximum atomic E-state index is 12.2. The van der Waals surface area contributed by atoms with E-state index in [0.717, 1.165) is 5.56 Å². The molecule has 0 radical (unpaired) electrons. The summed E-state index contributed by atoms with van der Waals surface area (Å²) in [7, 11) is 0. The van der Waals surface area contributed by atoms with Crippen molar-refractivity contribution in [2.75, 3.05) is 13.2 Å². The van der Waals surface area contributed by atoms with Crippen molar-refractivity contribution >= 4 is 5.97 Å². The summed E-state index contributed by atoms with van der Waals surface area (Å²) < 4.78 is 5.16. The van der Waals surface area contributed by atoms with Crippen molar-refractivity contribution in [3.8, 4) is 5.75 Å². The van der Waals surface area contributed by atoms with Crippen LogP contribution in [-0.2, 0) is 15.1 Å². The summed E-state index contributed by atoms with van der Waals surface area (Å²) >= 11 is 0. The summed E-state index contributed by atoms with van der Waals surface area (Å²) in [6, 6.07) is 6.62. The number of carbonyl (C=O) groups is 1. The minimum atomic E-state index is -0.895. The zero-order valence-corrected chi connectivity index (χ0v) is 12.1. The zero-order chi connectivity index (χ0) is 14.5. The molecule has 1 atom stereocenters. The zero-order valence-electron chi connectivity index (χ0n) is 12.1. The Morgan fingerprint density at radius 3 is 2.42 bits per heavy atom. The van der Waals surface area contributed by atoms with Gasteiger partial charge in [-0.15, -0.1) is 0 Å². The Bertz CT molecular complexity index is 414. The number of rotatable bonds is 6. The van der Waals surface area contributed by atoms with Gasteiger partial charge in [0, 0.05) is 0 Å². The lowest BCUT2D eigenvalue weighted by molar-refractivity contribution is -0.151. The molecule has 0 aliphatic rings. The minimum absolute atomic E-state index is 0.179. The molecule has 4 heteroatoms. The van der Waals surface area contributed by atoms with Crippen LogP contribution < -0.4 is 5.32 Å². The van der Waals surface area contributed by atoms with Gasteiger partial charge in [0.2, 0.25) is 0 Å². The van der Waals surface area contributed by atoms with E-state index in [1.54, 1.807) is 38.1 Å². The smallest absolute Gasteiger partial charge is 0.330 e. The van der Waals surface area contributed by atoms with Crippen LogP contribution >= 0.6 is 0 Å². The average Bonchev–Trinajstić information content (AvgIpc) is 2.37. The average molecular weight is 265 g/mol. The van der Waals surface area contributed by atoms with Crippen molar-refractivity contribution in [2.45, 2.75) is 33.2 Å². The number of ether oxygens (including phenoxy) is 1. The Kier molecular flexibility index (Phi) is 5.36. The van der Waals surface area contributed by atoms with E-state index in [2.05, 4.69) is 19.2 Å². The van der Waals surface area contributed by atoms with Gasteiger partial charge in [-0.3, -0.25) is 5.32 Å². The predicted molar refractivity (Wildman–Crippen MR) is 74.9 cm³/mol. The molecule has 1 unspecified atom stereocenters. The van der Waals surface area contributed by atoms with Crippen molar-refractivity contribution in [2.24, 2.45) is 5.92 Å². The number of phenolic OH excluding ortho intramolecular Hbond substituents is 1. The van der Waals surface area contributed by atoms with E-state index < -0.39 is 5.54 Å². The molecule has 1 aromatic carbocycles. The highest BCUT2D eigenvalue weighted by Crippen LogP contribution is 2.24. The van der Waals surface area contributed by atoms with Crippen LogP contribution in [-0.4, -0.2) is 24.2 Å². The molecule has 19 heavy (non-hydrogen) atoms. The number of hydrogen-bond acceptors (Lipinski definition) is 4. The number of esters is 1. The van der Waals surface area contributed by atoms with Crippen molar-refractivity contribution in [1.29, 1.82) is 0 Å². The van der Waals surface area contributed by atoms with Gasteiger partial charge in [-0.1, -0.05) is 26.0 Å². The highest BCUT2D eigenvalue weighted by atomic mass is 16.5. The highest BCUT2D eigenvalue weighted by Gasteiger charge is 2.36. The molecule has 0 saturated heterocycles. The fourth-order valence-electron chi connectivity index (χ4n) is 1.77. The first-order valence-corrected chi connectivity index (χ1v) is 6.62. The first-order chi connectivity index (χ1) is 8.90. The predicted octanol–water partition coefficient (Wildman–Crippen LogP) is 2.42. The Labute approximate surface area is 114 Å². The molecular formula is C15H23NO3. The second-order valence-corrected chi connectivity index (χ2v) is 5.17. The molecule has 1 aromatic rings. The molecule has 0 aromatic heterocycles. The van der Waals surface area contributed by atoms with Crippen LogP contribution in [0.25, 0.3) is 0 Å². The second-order valence-electron chi connectivity index (χ2n) is 5.17. The summed E-state index contributed by atoms with van der Waals surface area (Å²) in [5.74, 6) is 0.297. The summed E-state index contributed by atoms with van der Waals surface area (Å²) in [5, 5.41) is 12.6. The molecule has 0 fully saturated rings. The molecule has 4 nitrogen and oxygen atoms in total. The molecule has 0 aliphatic carbocycles. The Morgan fingerprint density at radius 1 is 1.37 bits per heavy atom. The Morgan fingerprint density at radius 2 is 1.95 bits per heavy atom. The lowest BCUT2D eigenvalue weighted by Crippen LogP contribution is -2.49. The minimum Gasteiger partial charge on any atom is -0.508 e. The highest BCUT2D eigenvalue weighted by molar-refractivity contribution is 5.82. The summed E-state index contributed by atoms with van der Waals surface area (Å²) in [6.07, 6.45) is 0. The maximum Gasteiger partial charge on any atom is 0.330 e. The SMILES string of the molecule is CCOC(=O)C(C)(NCC(C)C)c1ccc(O)cc1. The fraction of sp³-hybridized carbons (Fsp3) is 0.533. The molecule has 106 valence electrons. The van der Waals surface area contributed by atoms with E-state index in [1.807, 2.05) is 0 Å². The third-order valence-electron chi connectivity index (χ3n) is 2.99. The molecule has 0 aliphatic heterocycles. The van der Waals surface area contributed by atoms with Crippen LogP contribution in [0, 0.1) is 5.92 Å². The molecule has 0 saturated carbocycles. The largest absolute Gasteiger partial charge is 0.508 e. The van der Waals surface area contributed by atoms with Gasteiger partial charge < -0.3 is 9.84 Å². The van der Waals surface area contributed by atoms with Gasteiger partial charge in [-0.05, 0) is 44.0 Å². The van der Waals surface area contributed by atoms with E-state index in [1.165, 1.54) is 0 Å². The van der Waals surface area contributed by atoms with Gasteiger partial charge in [-0.2, -0.15) is 0 Å². The topological polar surface area (TPSA) is 58.6 Å². The van der Waals surface area contributed by atoms with Crippen molar-refractivity contribution in [3.63, 3.8) is 0 Å². The van der Waals surface area contributed by atoms with E-state index in [9.17, 15) is 9.90 Å². The van der Waals surface area contributed by atoms with Crippen molar-refractivity contribution < 1.29 is 14.6 Å². The van der Waals surface area contributed by atoms with Crippen LogP contribution in [0.5, 0.6) is 5.75 Å². The van der Waals surface area contributed by atoms with Gasteiger partial charge in [0.25, 0.3) is 0 Å². The van der Waals surface area contributed by atoms with Crippen molar-refractivity contribution in [3.05, 3.63) is 29.8 Å². The van der Waals surface area contributed by atoms with Gasteiger partial charge in [0.15, 0.2) is 0 Å². The first-order valence-electron chi connectivity index (χ1n) is 6.62. The number of benzene rings is 1. The second kappa shape index (κ2) is 6.57. The molecular weight excluding hydrogens is 242 g/mol. The van der Waals surface area contributed by atoms with Crippen molar-refractivity contribution in [1.82, 2.24) is 5.32 Å². The molecule has 1 rings (SSSR count). The lowest BCUT2D eigenvalue weighted by atomic mass is 9.91. The molecule has 0 amide bonds. The number of nitrogens with one attached hydrogen (secondary N) is 1. The number of carbonyl (C=O) groups excluding carboxylic acids is 1. The van der Waals surface area contributed by atoms with E-state index in [4.69, 9.17) is 4.74 Å². The fourth-order valence-corrected chi connectivity index (χ4v) is 1.77. The standard InChI is InChI=1S/C15H23NO3/c1-5-19-14(18)15(4,16-10-11(2)3)12-6-8-13(17)9-7-12/h6-9,11,16-17H,5,10H2,1-4H3. The summed E-state index contributed by atoms with van der Waals surface area (Å²) in [6.45, 7) is 8.80. The van der Waals surface area contributed by atoms with Gasteiger partial charge in [0.05, 0.1) is 6.61 Å². The summed E-state index contributed by atoms with van der Waals surface area (Å²) in [5.41, 5.74) is -0.113. The van der Waals surface area contributed by atoms with Crippen LogP contribution in [0.4, 0.5) is 0 Å². The van der Waals surface area contributed by atoms with Crippen LogP contribution in [0.2, 0.25) is 0 Å². The van der Waals surface area contributed by atoms with Crippen LogP contribution in [0.3, 0.4) is 0 Å². The Balaban J connectivity index is 3.03. The number of hydrogen-bond donors (Lipinski definition) is 2. The number of phenols is 1. The normalized spacial score (nSPS) is 14.2. The van der Waals surface area contributed by atoms with E-state index in [0.29, 0.717) is 19.1 Å².